The first kappa shape index (κ1) is 16.9. The summed E-state index contributed by atoms with van der Waals surface area (Å²) in [5.41, 5.74) is 1.40. The average molecular weight is 362 g/mol. The van der Waals surface area contributed by atoms with Crippen LogP contribution in [0.3, 0.4) is 0 Å². The van der Waals surface area contributed by atoms with Crippen LogP contribution in [0.25, 0.3) is 6.08 Å². The van der Waals surface area contributed by atoms with Crippen molar-refractivity contribution in [1.29, 1.82) is 0 Å². The number of aryl methyl sites for hydroxylation is 1. The summed E-state index contributed by atoms with van der Waals surface area (Å²) in [6.07, 6.45) is 6.86. The number of para-hydroxylation sites is 1. The number of carbonyl (C=O) groups excluding carboxylic acids is 1. The Morgan fingerprint density at radius 3 is 2.85 bits per heavy atom. The molecule has 0 amide bonds. The summed E-state index contributed by atoms with van der Waals surface area (Å²) in [6.45, 7) is 0.575. The normalized spacial score (nSPS) is 12.5. The number of fused-ring (bicyclic) bond motifs is 1. The average Bonchev–Trinajstić information content (AvgIpc) is 3.33. The van der Waals surface area contributed by atoms with E-state index in [-0.39, 0.29) is 12.6 Å². The lowest BCUT2D eigenvalue weighted by atomic mass is 10.1. The molecule has 0 unspecified atom stereocenters. The third kappa shape index (κ3) is 3.69. The Bertz CT molecular complexity index is 990. The van der Waals surface area contributed by atoms with E-state index in [1.165, 1.54) is 6.08 Å². The number of ether oxygens (including phenoxy) is 3. The Balaban J connectivity index is 1.41. The molecule has 0 bridgehead atoms. The molecule has 0 aliphatic carbocycles. The molecular weight excluding hydrogens is 344 g/mol. The molecule has 1 aromatic heterocycles. The van der Waals surface area contributed by atoms with Crippen molar-refractivity contribution < 1.29 is 19.0 Å². The Morgan fingerprint density at radius 2 is 2.07 bits per heavy atom. The van der Waals surface area contributed by atoms with Gasteiger partial charge >= 0.3 is 0 Å². The number of aromatic nitrogens is 2. The molecule has 1 aliphatic rings. The molecule has 0 atom stereocenters. The van der Waals surface area contributed by atoms with E-state index in [9.17, 15) is 4.79 Å². The second kappa shape index (κ2) is 7.37. The van der Waals surface area contributed by atoms with Crippen LogP contribution < -0.4 is 14.2 Å². The molecule has 2 heterocycles. The minimum Gasteiger partial charge on any atom is -0.486 e. The van der Waals surface area contributed by atoms with Crippen molar-refractivity contribution in [3.8, 4) is 17.2 Å². The largest absolute Gasteiger partial charge is 0.486 e. The fraction of sp³-hybridized carbons (Fsp3) is 0.143. The molecule has 0 radical (unpaired) electrons. The molecule has 1 aliphatic heterocycles. The highest BCUT2D eigenvalue weighted by Gasteiger charge is 2.15. The van der Waals surface area contributed by atoms with Crippen molar-refractivity contribution in [1.82, 2.24) is 9.55 Å². The van der Waals surface area contributed by atoms with E-state index in [0.29, 0.717) is 29.4 Å². The summed E-state index contributed by atoms with van der Waals surface area (Å²) >= 11 is 0. The third-order valence-electron chi connectivity index (χ3n) is 4.27. The monoisotopic (exact) mass is 362 g/mol. The molecule has 6 heteroatoms. The highest BCUT2D eigenvalue weighted by atomic mass is 16.7. The Kier molecular flexibility index (Phi) is 4.61. The van der Waals surface area contributed by atoms with E-state index in [1.807, 2.05) is 36.0 Å². The zero-order valence-electron chi connectivity index (χ0n) is 14.8. The van der Waals surface area contributed by atoms with E-state index in [4.69, 9.17) is 14.2 Å². The predicted molar refractivity (Wildman–Crippen MR) is 99.9 cm³/mol. The van der Waals surface area contributed by atoms with Crippen molar-refractivity contribution in [2.24, 2.45) is 7.05 Å². The van der Waals surface area contributed by atoms with Gasteiger partial charge in [-0.3, -0.25) is 4.79 Å². The maximum atomic E-state index is 12.4. The van der Waals surface area contributed by atoms with Crippen molar-refractivity contribution in [2.75, 3.05) is 6.79 Å². The summed E-state index contributed by atoms with van der Waals surface area (Å²) in [6, 6.07) is 12.6. The SMILES string of the molecule is Cn1ccnc1COc1ccc(C(=O)/C=C/c2cccc3c2OCO3)cc1. The van der Waals surface area contributed by atoms with Crippen molar-refractivity contribution in [3.63, 3.8) is 0 Å². The summed E-state index contributed by atoms with van der Waals surface area (Å²) in [5, 5.41) is 0. The highest BCUT2D eigenvalue weighted by Crippen LogP contribution is 2.35. The maximum absolute atomic E-state index is 12.4. The summed E-state index contributed by atoms with van der Waals surface area (Å²) < 4.78 is 18.4. The van der Waals surface area contributed by atoms with Gasteiger partial charge in [-0.2, -0.15) is 0 Å². The summed E-state index contributed by atoms with van der Waals surface area (Å²) in [5.74, 6) is 2.78. The van der Waals surface area contributed by atoms with Crippen molar-refractivity contribution in [2.45, 2.75) is 6.61 Å². The van der Waals surface area contributed by atoms with Gasteiger partial charge in [0, 0.05) is 30.6 Å². The van der Waals surface area contributed by atoms with Gasteiger partial charge in [0.2, 0.25) is 6.79 Å². The zero-order valence-corrected chi connectivity index (χ0v) is 14.8. The first-order valence-electron chi connectivity index (χ1n) is 8.51. The molecule has 2 aromatic carbocycles. The Morgan fingerprint density at radius 1 is 1.22 bits per heavy atom. The first-order chi connectivity index (χ1) is 13.2. The number of nitrogens with zero attached hydrogens (tertiary/aromatic N) is 2. The highest BCUT2D eigenvalue weighted by molar-refractivity contribution is 6.07. The second-order valence-corrected chi connectivity index (χ2v) is 6.05. The number of carbonyl (C=O) groups is 1. The van der Waals surface area contributed by atoms with Crippen LogP contribution in [-0.4, -0.2) is 22.1 Å². The number of hydrogen-bond donors (Lipinski definition) is 0. The van der Waals surface area contributed by atoms with Gasteiger partial charge in [0.1, 0.15) is 18.2 Å². The molecule has 136 valence electrons. The van der Waals surface area contributed by atoms with Crippen LogP contribution in [0.2, 0.25) is 0 Å². The van der Waals surface area contributed by atoms with Gasteiger partial charge in [0.25, 0.3) is 0 Å². The standard InChI is InChI=1S/C21H18N2O4/c1-23-12-11-22-20(23)13-25-17-8-5-15(6-9-17)18(24)10-7-16-3-2-4-19-21(16)27-14-26-19/h2-12H,13-14H2,1H3/b10-7+. The maximum Gasteiger partial charge on any atom is 0.231 e. The number of ketones is 1. The molecule has 6 nitrogen and oxygen atoms in total. The van der Waals surface area contributed by atoms with Gasteiger partial charge < -0.3 is 18.8 Å². The van der Waals surface area contributed by atoms with Crippen LogP contribution in [0.15, 0.2) is 60.9 Å². The zero-order chi connectivity index (χ0) is 18.6. The second-order valence-electron chi connectivity index (χ2n) is 6.05. The topological polar surface area (TPSA) is 62.6 Å². The van der Waals surface area contributed by atoms with Gasteiger partial charge in [-0.25, -0.2) is 4.98 Å². The molecular formula is C21H18N2O4. The Labute approximate surface area is 156 Å². The lowest BCUT2D eigenvalue weighted by Crippen LogP contribution is -2.03. The van der Waals surface area contributed by atoms with Crippen LogP contribution >= 0.6 is 0 Å². The molecule has 0 saturated heterocycles. The van der Waals surface area contributed by atoms with Gasteiger partial charge in [-0.05, 0) is 42.5 Å². The number of rotatable bonds is 6. The molecule has 0 saturated carbocycles. The molecule has 27 heavy (non-hydrogen) atoms. The van der Waals surface area contributed by atoms with Gasteiger partial charge in [0.05, 0.1) is 0 Å². The number of hydrogen-bond acceptors (Lipinski definition) is 5. The number of imidazole rings is 1. The molecule has 0 N–H and O–H groups in total. The van der Waals surface area contributed by atoms with E-state index in [2.05, 4.69) is 4.98 Å². The summed E-state index contributed by atoms with van der Waals surface area (Å²) in [7, 11) is 1.92. The molecule has 0 fully saturated rings. The van der Waals surface area contributed by atoms with Crippen LogP contribution in [0.5, 0.6) is 17.2 Å². The van der Waals surface area contributed by atoms with Crippen LogP contribution in [-0.2, 0) is 13.7 Å². The number of benzene rings is 2. The lowest BCUT2D eigenvalue weighted by Gasteiger charge is -2.06. The summed E-state index contributed by atoms with van der Waals surface area (Å²) in [4.78, 5) is 16.6. The molecule has 3 aromatic rings. The van der Waals surface area contributed by atoms with Crippen LogP contribution in [0.4, 0.5) is 0 Å². The predicted octanol–water partition coefficient (Wildman–Crippen LogP) is 3.62. The smallest absolute Gasteiger partial charge is 0.231 e. The van der Waals surface area contributed by atoms with Crippen molar-refractivity contribution >= 4 is 11.9 Å². The van der Waals surface area contributed by atoms with Crippen LogP contribution in [0.1, 0.15) is 21.7 Å². The van der Waals surface area contributed by atoms with E-state index >= 15 is 0 Å². The van der Waals surface area contributed by atoms with Gasteiger partial charge in [-0.15, -0.1) is 0 Å². The Hall–Kier alpha value is -3.54. The fourth-order valence-electron chi connectivity index (χ4n) is 2.74. The van der Waals surface area contributed by atoms with E-state index in [1.54, 1.807) is 36.5 Å². The minimum absolute atomic E-state index is 0.0952. The third-order valence-corrected chi connectivity index (χ3v) is 4.27. The van der Waals surface area contributed by atoms with Gasteiger partial charge in [-0.1, -0.05) is 12.1 Å². The fourth-order valence-corrected chi connectivity index (χ4v) is 2.74. The van der Waals surface area contributed by atoms with E-state index < -0.39 is 0 Å². The first-order valence-corrected chi connectivity index (χ1v) is 8.51. The molecule has 4 rings (SSSR count). The quantitative estimate of drug-likeness (QED) is 0.495. The molecule has 0 spiro atoms. The lowest BCUT2D eigenvalue weighted by molar-refractivity contribution is 0.104. The van der Waals surface area contributed by atoms with E-state index in [0.717, 1.165) is 11.4 Å². The minimum atomic E-state index is -0.0952. The number of allylic oxidation sites excluding steroid dienone is 1. The van der Waals surface area contributed by atoms with Gasteiger partial charge in [0.15, 0.2) is 17.3 Å². The van der Waals surface area contributed by atoms with Crippen LogP contribution in [0, 0.1) is 0 Å². The van der Waals surface area contributed by atoms with Crippen molar-refractivity contribution in [3.05, 3.63) is 77.9 Å².